The smallest absolute Gasteiger partial charge is 0.269 e. The number of non-ortho nitro benzene ring substituents is 1. The van der Waals surface area contributed by atoms with Crippen LogP contribution in [0.1, 0.15) is 5.56 Å². The maximum atomic E-state index is 12.3. The molecule has 6 nitrogen and oxygen atoms in total. The van der Waals surface area contributed by atoms with Crippen molar-refractivity contribution in [2.75, 3.05) is 17.3 Å². The normalized spacial score (nSPS) is 15.4. The molecule has 2 aromatic rings. The summed E-state index contributed by atoms with van der Waals surface area (Å²) < 4.78 is 0. The fourth-order valence-corrected chi connectivity index (χ4v) is 2.39. The molecule has 1 N–H and O–H groups in total. The van der Waals surface area contributed by atoms with Crippen molar-refractivity contribution < 1.29 is 10.0 Å². The third-order valence-corrected chi connectivity index (χ3v) is 3.62. The predicted molar refractivity (Wildman–Crippen MR) is 87.6 cm³/mol. The molecule has 0 bridgehead atoms. The van der Waals surface area contributed by atoms with Gasteiger partial charge in [0.1, 0.15) is 5.82 Å². The van der Waals surface area contributed by atoms with Gasteiger partial charge in [0.15, 0.2) is 0 Å². The first-order chi connectivity index (χ1) is 11.1. The number of hydrogen-bond acceptors (Lipinski definition) is 5. The lowest BCUT2D eigenvalue weighted by atomic mass is 10.2. The molecule has 0 unspecified atom stereocenters. The average Bonchev–Trinajstić information content (AvgIpc) is 2.90. The van der Waals surface area contributed by atoms with Crippen LogP contribution in [-0.4, -0.2) is 12.0 Å². The Hall–Kier alpha value is -3.28. The van der Waals surface area contributed by atoms with Gasteiger partial charge >= 0.3 is 0 Å². The molecule has 6 heteroatoms. The molecule has 0 spiro atoms. The number of nitro benzene ring substituents is 1. The van der Waals surface area contributed by atoms with E-state index in [1.165, 1.54) is 18.2 Å². The van der Waals surface area contributed by atoms with Gasteiger partial charge in [-0.1, -0.05) is 30.0 Å². The Bertz CT molecular complexity index is 810. The average molecular weight is 308 g/mol. The van der Waals surface area contributed by atoms with Crippen LogP contribution < -0.4 is 15.3 Å². The largest absolute Gasteiger partial charge is 0.870 e. The first-order valence-corrected chi connectivity index (χ1v) is 7.00. The lowest BCUT2D eigenvalue weighted by Crippen LogP contribution is -2.21. The van der Waals surface area contributed by atoms with Crippen molar-refractivity contribution in [1.29, 1.82) is 0 Å². The summed E-state index contributed by atoms with van der Waals surface area (Å²) in [6.45, 7) is 0. The predicted octanol–water partition coefficient (Wildman–Crippen LogP) is 2.70. The highest BCUT2D eigenvalue weighted by molar-refractivity contribution is 5.81. The quantitative estimate of drug-likeness (QED) is 0.535. The highest BCUT2D eigenvalue weighted by atomic mass is 16.6. The van der Waals surface area contributed by atoms with Crippen molar-refractivity contribution >= 4 is 23.1 Å². The van der Waals surface area contributed by atoms with Gasteiger partial charge < -0.3 is 15.3 Å². The zero-order valence-corrected chi connectivity index (χ0v) is 12.4. The van der Waals surface area contributed by atoms with E-state index in [2.05, 4.69) is 5.32 Å². The summed E-state index contributed by atoms with van der Waals surface area (Å²) in [4.78, 5) is 12.0. The second-order valence-electron chi connectivity index (χ2n) is 5.10. The number of fused-ring (bicyclic) bond motifs is 1. The Morgan fingerprint density at radius 3 is 2.52 bits per heavy atom. The molecule has 1 aliphatic rings. The van der Waals surface area contributed by atoms with Gasteiger partial charge in [0, 0.05) is 19.2 Å². The van der Waals surface area contributed by atoms with Gasteiger partial charge in [-0.2, -0.15) is 0 Å². The number of anilines is 2. The molecule has 0 aromatic heterocycles. The maximum absolute atomic E-state index is 12.3. The minimum Gasteiger partial charge on any atom is -0.870 e. The number of allylic oxidation sites excluding steroid dienone is 1. The van der Waals surface area contributed by atoms with Crippen molar-refractivity contribution in [2.45, 2.75) is 0 Å². The number of para-hydroxylation sites is 2. The summed E-state index contributed by atoms with van der Waals surface area (Å²) in [5, 5.41) is 26.0. The van der Waals surface area contributed by atoms with Crippen molar-refractivity contribution in [3.63, 3.8) is 0 Å². The van der Waals surface area contributed by atoms with E-state index in [0.717, 1.165) is 16.9 Å². The molecule has 0 fully saturated rings. The molecule has 116 valence electrons. The van der Waals surface area contributed by atoms with Gasteiger partial charge in [-0.05, 0) is 29.8 Å². The minimum absolute atomic E-state index is 0.0236. The molecule has 0 saturated heterocycles. The topological polar surface area (TPSA) is 81.5 Å². The van der Waals surface area contributed by atoms with Crippen molar-refractivity contribution in [1.82, 2.24) is 0 Å². The molecule has 0 aliphatic carbocycles. The van der Waals surface area contributed by atoms with E-state index in [-0.39, 0.29) is 11.4 Å². The third-order valence-electron chi connectivity index (χ3n) is 3.62. The van der Waals surface area contributed by atoms with Crippen LogP contribution in [0, 0.1) is 10.1 Å². The van der Waals surface area contributed by atoms with Crippen molar-refractivity contribution in [2.24, 2.45) is 0 Å². The molecule has 0 atom stereocenters. The summed E-state index contributed by atoms with van der Waals surface area (Å²) in [6, 6.07) is 13.7. The number of hydrogen-bond donors (Lipinski definition) is 1. The van der Waals surface area contributed by atoms with Gasteiger partial charge in [-0.25, -0.2) is 0 Å². The fraction of sp³-hybridized carbons (Fsp3) is 0.0588. The van der Waals surface area contributed by atoms with Crippen LogP contribution in [0.2, 0.25) is 0 Å². The monoisotopic (exact) mass is 308 g/mol. The summed E-state index contributed by atoms with van der Waals surface area (Å²) in [7, 11) is 1.83. The Kier molecular flexibility index (Phi) is 3.72. The summed E-state index contributed by atoms with van der Waals surface area (Å²) >= 11 is 0. The number of rotatable bonds is 3. The molecule has 3 rings (SSSR count). The van der Waals surface area contributed by atoms with Crippen molar-refractivity contribution in [3.8, 4) is 0 Å². The zero-order chi connectivity index (χ0) is 16.4. The first kappa shape index (κ1) is 14.6. The highest BCUT2D eigenvalue weighted by Crippen LogP contribution is 2.35. The summed E-state index contributed by atoms with van der Waals surface area (Å²) in [6.07, 6.45) is 3.09. The van der Waals surface area contributed by atoms with E-state index >= 15 is 0 Å². The number of nitrogens with one attached hydrogen (secondary N) is 1. The van der Waals surface area contributed by atoms with Gasteiger partial charge in [-0.3, -0.25) is 10.1 Å². The van der Waals surface area contributed by atoms with E-state index in [1.807, 2.05) is 31.3 Å². The Labute approximate surface area is 133 Å². The number of nitro groups is 1. The van der Waals surface area contributed by atoms with Crippen LogP contribution >= 0.6 is 0 Å². The molecular formula is C17H14N3O3-. The Morgan fingerprint density at radius 1 is 1.17 bits per heavy atom. The lowest BCUT2D eigenvalue weighted by molar-refractivity contribution is -0.384. The van der Waals surface area contributed by atoms with E-state index in [1.54, 1.807) is 23.1 Å². The van der Waals surface area contributed by atoms with Gasteiger partial charge in [0.2, 0.25) is 0 Å². The Balaban J connectivity index is 1.81. The first-order valence-electron chi connectivity index (χ1n) is 7.00. The zero-order valence-electron chi connectivity index (χ0n) is 12.4. The highest BCUT2D eigenvalue weighted by Gasteiger charge is 2.19. The number of nitrogens with zero attached hydrogens (tertiary/aromatic N) is 2. The molecule has 23 heavy (non-hydrogen) atoms. The van der Waals surface area contributed by atoms with E-state index in [4.69, 9.17) is 0 Å². The Morgan fingerprint density at radius 2 is 1.87 bits per heavy atom. The van der Waals surface area contributed by atoms with E-state index in [0.29, 0.717) is 5.82 Å². The summed E-state index contributed by atoms with van der Waals surface area (Å²) in [5.74, 6) is 0.311. The van der Waals surface area contributed by atoms with Gasteiger partial charge in [-0.15, -0.1) is 0 Å². The van der Waals surface area contributed by atoms with Crippen molar-refractivity contribution in [3.05, 3.63) is 81.9 Å². The second-order valence-corrected chi connectivity index (χ2v) is 5.10. The van der Waals surface area contributed by atoms with Crippen LogP contribution in [0.3, 0.4) is 0 Å². The van der Waals surface area contributed by atoms with Crippen LogP contribution in [0.5, 0.6) is 0 Å². The molecule has 0 amide bonds. The maximum Gasteiger partial charge on any atom is 0.269 e. The van der Waals surface area contributed by atoms with Crippen LogP contribution in [0.25, 0.3) is 6.08 Å². The number of benzene rings is 2. The molecule has 2 aromatic carbocycles. The lowest BCUT2D eigenvalue weighted by Gasteiger charge is -2.19. The second kappa shape index (κ2) is 5.84. The molecule has 1 aliphatic heterocycles. The molecule has 0 saturated carbocycles. The van der Waals surface area contributed by atoms with E-state index in [9.17, 15) is 15.2 Å². The van der Waals surface area contributed by atoms with Gasteiger partial charge in [0.05, 0.1) is 16.3 Å². The SMILES string of the molecule is CN1C(=C([O-])/C=C/c2ccc([N+](=O)[O-])cc2)Nc2ccccc21. The van der Waals surface area contributed by atoms with Crippen LogP contribution in [0.4, 0.5) is 17.1 Å². The summed E-state index contributed by atoms with van der Waals surface area (Å²) in [5.41, 5.74) is 2.58. The minimum atomic E-state index is -0.455. The fourth-order valence-electron chi connectivity index (χ4n) is 2.39. The third kappa shape index (κ3) is 2.87. The standard InChI is InChI=1S/C17H15N3O3/c1-19-15-5-3-2-4-14(15)18-17(19)16(21)11-8-12-6-9-13(10-7-12)20(22)23/h2-11,18,21H,1H3/p-1/b11-8+,17-16?. The van der Waals surface area contributed by atoms with Crippen LogP contribution in [0.15, 0.2) is 66.2 Å². The molecule has 1 heterocycles. The molecular weight excluding hydrogens is 294 g/mol. The van der Waals surface area contributed by atoms with E-state index < -0.39 is 4.92 Å². The van der Waals surface area contributed by atoms with Gasteiger partial charge in [0.25, 0.3) is 5.69 Å². The molecule has 0 radical (unpaired) electrons. The van der Waals surface area contributed by atoms with Crippen LogP contribution in [-0.2, 0) is 0 Å².